The lowest BCUT2D eigenvalue weighted by atomic mass is 10.1. The summed E-state index contributed by atoms with van der Waals surface area (Å²) in [6.45, 7) is 2.17. The first-order chi connectivity index (χ1) is 5.54. The minimum Gasteiger partial charge on any atom is -0.410 e. The van der Waals surface area contributed by atoms with Crippen molar-refractivity contribution in [1.82, 2.24) is 0 Å². The first kappa shape index (κ1) is 10.3. The first-order valence-electron chi connectivity index (χ1n) is 3.01. The number of hydrogen-bond donors (Lipinski definition) is 2. The number of hydrogen-bond acceptors (Lipinski definition) is 6. The molecule has 0 unspecified atom stereocenters. The molecule has 0 aromatic heterocycles. The summed E-state index contributed by atoms with van der Waals surface area (Å²) in [5.41, 5.74) is -1.10. The van der Waals surface area contributed by atoms with E-state index in [1.165, 1.54) is 0 Å². The summed E-state index contributed by atoms with van der Waals surface area (Å²) in [6, 6.07) is 0. The second-order valence-corrected chi connectivity index (χ2v) is 2.01. The van der Waals surface area contributed by atoms with Gasteiger partial charge < -0.3 is 10.4 Å². The molecule has 0 radical (unpaired) electrons. The third kappa shape index (κ3) is 2.15. The van der Waals surface area contributed by atoms with Crippen molar-refractivity contribution in [3.8, 4) is 0 Å². The van der Waals surface area contributed by atoms with Crippen LogP contribution in [0.15, 0.2) is 10.3 Å². The molecule has 6 heteroatoms. The third-order valence-corrected chi connectivity index (χ3v) is 1.09. The summed E-state index contributed by atoms with van der Waals surface area (Å²) in [5.74, 6) is -1.30. The number of ketones is 2. The quantitative estimate of drug-likeness (QED) is 0.350. The monoisotopic (exact) mass is 172 g/mol. The minimum atomic E-state index is -0.652. The largest absolute Gasteiger partial charge is 0.410 e. The Bertz CT molecular complexity index is 239. The third-order valence-electron chi connectivity index (χ3n) is 1.09. The lowest BCUT2D eigenvalue weighted by molar-refractivity contribution is -0.112. The van der Waals surface area contributed by atoms with Gasteiger partial charge in [0.25, 0.3) is 0 Å². The maximum atomic E-state index is 10.6. The van der Waals surface area contributed by atoms with Crippen LogP contribution in [0, 0.1) is 0 Å². The average Bonchev–Trinajstić information content (AvgIpc) is 1.98. The van der Waals surface area contributed by atoms with Gasteiger partial charge in [0, 0.05) is 13.8 Å². The Hall–Kier alpha value is -1.72. The molecule has 0 aromatic rings. The topological polar surface area (TPSA) is 99.3 Å². The van der Waals surface area contributed by atoms with Crippen LogP contribution in [0.3, 0.4) is 0 Å². The molecule has 0 rings (SSSR count). The lowest BCUT2D eigenvalue weighted by Crippen LogP contribution is -2.27. The molecule has 66 valence electrons. The Morgan fingerprint density at radius 2 is 1.17 bits per heavy atom. The van der Waals surface area contributed by atoms with E-state index in [0.29, 0.717) is 0 Å². The maximum absolute atomic E-state index is 10.6. The van der Waals surface area contributed by atoms with Crippen LogP contribution in [0.5, 0.6) is 0 Å². The van der Waals surface area contributed by atoms with E-state index in [1.54, 1.807) is 0 Å². The molecule has 0 fully saturated rings. The van der Waals surface area contributed by atoms with Crippen LogP contribution in [0.2, 0.25) is 0 Å². The predicted octanol–water partition coefficient (Wildman–Crippen LogP) is -0.175. The second-order valence-electron chi connectivity index (χ2n) is 2.01. The molecule has 0 aliphatic carbocycles. The molecule has 0 amide bonds. The van der Waals surface area contributed by atoms with Gasteiger partial charge >= 0.3 is 0 Å². The molecule has 12 heavy (non-hydrogen) atoms. The van der Waals surface area contributed by atoms with Gasteiger partial charge in [0.15, 0.2) is 23.0 Å². The molecule has 0 saturated carbocycles. The van der Waals surface area contributed by atoms with Crippen molar-refractivity contribution in [2.45, 2.75) is 13.8 Å². The van der Waals surface area contributed by atoms with E-state index in [2.05, 4.69) is 10.3 Å². The Morgan fingerprint density at radius 3 is 1.25 bits per heavy atom. The van der Waals surface area contributed by atoms with Gasteiger partial charge in [0.2, 0.25) is 0 Å². The lowest BCUT2D eigenvalue weighted by Gasteiger charge is -1.97. The average molecular weight is 172 g/mol. The van der Waals surface area contributed by atoms with Crippen molar-refractivity contribution in [3.63, 3.8) is 0 Å². The molecule has 0 aromatic carbocycles. The molecule has 2 N–H and O–H groups in total. The summed E-state index contributed by atoms with van der Waals surface area (Å²) >= 11 is 0. The maximum Gasteiger partial charge on any atom is 0.184 e. The SMILES string of the molecule is CC(=O)C(=NO)C(=NO)C(C)=O. The molecular weight excluding hydrogens is 164 g/mol. The Kier molecular flexibility index (Phi) is 3.61. The first-order valence-corrected chi connectivity index (χ1v) is 3.01. The van der Waals surface area contributed by atoms with E-state index in [-0.39, 0.29) is 0 Å². The molecule has 0 heterocycles. The molecular formula is C6H8N2O4. The van der Waals surface area contributed by atoms with E-state index < -0.39 is 23.0 Å². The zero-order valence-corrected chi connectivity index (χ0v) is 6.61. The van der Waals surface area contributed by atoms with E-state index in [0.717, 1.165) is 13.8 Å². The molecule has 0 atom stereocenters. The number of carbonyl (C=O) groups excluding carboxylic acids is 2. The van der Waals surface area contributed by atoms with Crippen molar-refractivity contribution < 1.29 is 20.0 Å². The zero-order chi connectivity index (χ0) is 9.72. The highest BCUT2D eigenvalue weighted by Gasteiger charge is 2.19. The van der Waals surface area contributed by atoms with Gasteiger partial charge in [-0.05, 0) is 0 Å². The summed E-state index contributed by atoms with van der Waals surface area (Å²) < 4.78 is 0. The number of carbonyl (C=O) groups is 2. The van der Waals surface area contributed by atoms with Crippen LogP contribution in [-0.4, -0.2) is 33.4 Å². The summed E-state index contributed by atoms with van der Waals surface area (Å²) in [6.07, 6.45) is 0. The van der Waals surface area contributed by atoms with Gasteiger partial charge in [-0.15, -0.1) is 0 Å². The van der Waals surface area contributed by atoms with Crippen molar-refractivity contribution in [1.29, 1.82) is 0 Å². The normalized spacial score (nSPS) is 12.8. The fraction of sp³-hybridized carbons (Fsp3) is 0.333. The summed E-state index contributed by atoms with van der Waals surface area (Å²) in [4.78, 5) is 21.3. The van der Waals surface area contributed by atoms with Gasteiger partial charge in [0.1, 0.15) is 0 Å². The Labute approximate surface area is 68.2 Å². The highest BCUT2D eigenvalue weighted by molar-refractivity contribution is 6.80. The van der Waals surface area contributed by atoms with Gasteiger partial charge in [-0.2, -0.15) is 0 Å². The van der Waals surface area contributed by atoms with Crippen molar-refractivity contribution in [3.05, 3.63) is 0 Å². The number of rotatable bonds is 3. The van der Waals surface area contributed by atoms with Crippen LogP contribution < -0.4 is 0 Å². The smallest absolute Gasteiger partial charge is 0.184 e. The highest BCUT2D eigenvalue weighted by Crippen LogP contribution is 1.88. The fourth-order valence-electron chi connectivity index (χ4n) is 0.569. The summed E-state index contributed by atoms with van der Waals surface area (Å²) in [7, 11) is 0. The van der Waals surface area contributed by atoms with Crippen LogP contribution in [0.25, 0.3) is 0 Å². The van der Waals surface area contributed by atoms with Gasteiger partial charge in [0.05, 0.1) is 0 Å². The van der Waals surface area contributed by atoms with Crippen LogP contribution in [0.4, 0.5) is 0 Å². The van der Waals surface area contributed by atoms with Crippen molar-refractivity contribution >= 4 is 23.0 Å². The number of Topliss-reactive ketones (excluding diaryl/α,β-unsaturated/α-hetero) is 2. The van der Waals surface area contributed by atoms with Gasteiger partial charge in [-0.25, -0.2) is 0 Å². The van der Waals surface area contributed by atoms with E-state index in [1.807, 2.05) is 0 Å². The Balaban J connectivity index is 4.99. The van der Waals surface area contributed by atoms with Gasteiger partial charge in [-0.3, -0.25) is 9.59 Å². The number of oxime groups is 2. The van der Waals surface area contributed by atoms with E-state index in [9.17, 15) is 9.59 Å². The van der Waals surface area contributed by atoms with Crippen molar-refractivity contribution in [2.24, 2.45) is 10.3 Å². The summed E-state index contributed by atoms with van der Waals surface area (Å²) in [5, 5.41) is 21.6. The predicted molar refractivity (Wildman–Crippen MR) is 39.8 cm³/mol. The molecule has 6 nitrogen and oxygen atoms in total. The second kappa shape index (κ2) is 4.22. The van der Waals surface area contributed by atoms with Gasteiger partial charge in [-0.1, -0.05) is 10.3 Å². The van der Waals surface area contributed by atoms with Crippen molar-refractivity contribution in [2.75, 3.05) is 0 Å². The van der Waals surface area contributed by atoms with Crippen LogP contribution >= 0.6 is 0 Å². The minimum absolute atomic E-state index is 0.551. The molecule has 0 bridgehead atoms. The standard InChI is InChI=1S/C6H8N2O4/c1-3(9)5(7-11)6(8-12)4(2)10/h11-12H,1-2H3. The molecule has 0 spiro atoms. The van der Waals surface area contributed by atoms with Crippen LogP contribution in [-0.2, 0) is 9.59 Å². The van der Waals surface area contributed by atoms with E-state index in [4.69, 9.17) is 10.4 Å². The highest BCUT2D eigenvalue weighted by atomic mass is 16.4. The molecule has 0 aliphatic heterocycles. The van der Waals surface area contributed by atoms with Crippen LogP contribution in [0.1, 0.15) is 13.8 Å². The molecule has 0 saturated heterocycles. The molecule has 0 aliphatic rings. The fourth-order valence-corrected chi connectivity index (χ4v) is 0.569. The number of nitrogens with zero attached hydrogens (tertiary/aromatic N) is 2. The Morgan fingerprint density at radius 1 is 0.917 bits per heavy atom. The zero-order valence-electron chi connectivity index (χ0n) is 6.61. The van der Waals surface area contributed by atoms with E-state index >= 15 is 0 Å².